The molecule has 2 unspecified atom stereocenters. The summed E-state index contributed by atoms with van der Waals surface area (Å²) >= 11 is 0. The Morgan fingerprint density at radius 3 is 3.25 bits per heavy atom. The second-order valence-corrected chi connectivity index (χ2v) is 2.77. The zero-order chi connectivity index (χ0) is 8.55. The van der Waals surface area contributed by atoms with Gasteiger partial charge in [0.15, 0.2) is 0 Å². The first-order chi connectivity index (χ1) is 5.79. The van der Waals surface area contributed by atoms with Crippen LogP contribution in [0.25, 0.3) is 0 Å². The van der Waals surface area contributed by atoms with Crippen LogP contribution in [0.3, 0.4) is 0 Å². The normalized spacial score (nSPS) is 30.8. The molecule has 2 N–H and O–H groups in total. The first-order valence-corrected chi connectivity index (χ1v) is 3.69. The van der Waals surface area contributed by atoms with Gasteiger partial charge in [0.2, 0.25) is 0 Å². The van der Waals surface area contributed by atoms with Crippen molar-refractivity contribution in [2.75, 3.05) is 0 Å². The summed E-state index contributed by atoms with van der Waals surface area (Å²) in [6, 6.07) is 0.0288. The van der Waals surface area contributed by atoms with Crippen molar-refractivity contribution in [3.05, 3.63) is 23.8 Å². The van der Waals surface area contributed by atoms with Crippen LogP contribution >= 0.6 is 0 Å². The van der Waals surface area contributed by atoms with Gasteiger partial charge in [-0.15, -0.1) is 0 Å². The third-order valence-corrected chi connectivity index (χ3v) is 2.05. The molecule has 1 aliphatic carbocycles. The van der Waals surface area contributed by atoms with Crippen LogP contribution in [0.5, 0.6) is 0 Å². The van der Waals surface area contributed by atoms with Gasteiger partial charge in [-0.3, -0.25) is 0 Å². The maximum atomic E-state index is 10.7. The zero-order valence-electron chi connectivity index (χ0n) is 6.27. The van der Waals surface area contributed by atoms with Crippen molar-refractivity contribution in [3.63, 3.8) is 0 Å². The molecule has 2 atom stereocenters. The first kappa shape index (κ1) is 7.09. The molecule has 0 amide bonds. The van der Waals surface area contributed by atoms with E-state index in [0.29, 0.717) is 5.57 Å². The van der Waals surface area contributed by atoms with E-state index in [1.165, 1.54) is 0 Å². The number of allylic oxidation sites excluding steroid dienone is 2. The fourth-order valence-electron chi connectivity index (χ4n) is 1.42. The molecule has 0 fully saturated rings. The highest BCUT2D eigenvalue weighted by atomic mass is 16.4. The predicted octanol–water partition coefficient (Wildman–Crippen LogP) is 0.141. The monoisotopic (exact) mass is 164 g/mol. The Morgan fingerprint density at radius 1 is 1.67 bits per heavy atom. The average molecular weight is 164 g/mol. The minimum Gasteiger partial charge on any atom is -0.478 e. The molecule has 0 bridgehead atoms. The summed E-state index contributed by atoms with van der Waals surface area (Å²) in [5, 5.41) is 12.6. The molecular weight excluding hydrogens is 156 g/mol. The van der Waals surface area contributed by atoms with Crippen LogP contribution < -0.4 is 5.43 Å². The fourth-order valence-corrected chi connectivity index (χ4v) is 1.42. The first-order valence-electron chi connectivity index (χ1n) is 3.69. The number of carbonyl (C=O) groups is 1. The lowest BCUT2D eigenvalue weighted by Gasteiger charge is -2.17. The lowest BCUT2D eigenvalue weighted by Crippen LogP contribution is -2.30. The second-order valence-electron chi connectivity index (χ2n) is 2.77. The van der Waals surface area contributed by atoms with Crippen LogP contribution in [0.2, 0.25) is 0 Å². The van der Waals surface area contributed by atoms with Gasteiger partial charge in [-0.2, -0.15) is 5.10 Å². The number of hydrogen-bond donors (Lipinski definition) is 2. The molecule has 0 spiro atoms. The minimum absolute atomic E-state index is 0.0288. The van der Waals surface area contributed by atoms with E-state index in [1.807, 2.05) is 6.08 Å². The summed E-state index contributed by atoms with van der Waals surface area (Å²) in [7, 11) is 0. The van der Waals surface area contributed by atoms with Crippen molar-refractivity contribution in [1.82, 2.24) is 5.43 Å². The van der Waals surface area contributed by atoms with E-state index in [4.69, 9.17) is 5.11 Å². The van der Waals surface area contributed by atoms with Crippen LogP contribution in [0.1, 0.15) is 0 Å². The summed E-state index contributed by atoms with van der Waals surface area (Å²) < 4.78 is 0. The van der Waals surface area contributed by atoms with E-state index in [9.17, 15) is 4.79 Å². The Bertz CT molecular complexity index is 304. The summed E-state index contributed by atoms with van der Waals surface area (Å²) in [6.45, 7) is 0. The van der Waals surface area contributed by atoms with Crippen LogP contribution in [-0.4, -0.2) is 23.3 Å². The molecule has 0 aromatic rings. The van der Waals surface area contributed by atoms with Gasteiger partial charge in [0.05, 0.1) is 12.0 Å². The molecule has 0 saturated carbocycles. The molecule has 1 aliphatic heterocycles. The number of carboxylic acid groups (broad SMARTS) is 1. The third kappa shape index (κ3) is 0.922. The Kier molecular flexibility index (Phi) is 1.46. The van der Waals surface area contributed by atoms with Crippen molar-refractivity contribution < 1.29 is 9.90 Å². The van der Waals surface area contributed by atoms with Gasteiger partial charge < -0.3 is 10.5 Å². The SMILES string of the molecule is O=C(O)C1=CC=CC2NN=CC12. The number of nitrogens with one attached hydrogen (secondary N) is 1. The molecule has 0 aromatic heterocycles. The van der Waals surface area contributed by atoms with Gasteiger partial charge in [0.25, 0.3) is 0 Å². The zero-order valence-corrected chi connectivity index (χ0v) is 6.27. The molecule has 0 saturated heterocycles. The number of rotatable bonds is 1. The van der Waals surface area contributed by atoms with Gasteiger partial charge in [0, 0.05) is 11.8 Å². The van der Waals surface area contributed by atoms with E-state index in [0.717, 1.165) is 0 Å². The van der Waals surface area contributed by atoms with Gasteiger partial charge >= 0.3 is 5.97 Å². The maximum Gasteiger partial charge on any atom is 0.332 e. The molecule has 4 nitrogen and oxygen atoms in total. The fraction of sp³-hybridized carbons (Fsp3) is 0.250. The van der Waals surface area contributed by atoms with Gasteiger partial charge in [-0.05, 0) is 0 Å². The highest BCUT2D eigenvalue weighted by Gasteiger charge is 2.30. The number of nitrogens with zero attached hydrogens (tertiary/aromatic N) is 1. The summed E-state index contributed by atoms with van der Waals surface area (Å²) in [4.78, 5) is 10.7. The van der Waals surface area contributed by atoms with Crippen molar-refractivity contribution in [2.24, 2.45) is 11.0 Å². The van der Waals surface area contributed by atoms with E-state index in [-0.39, 0.29) is 12.0 Å². The standard InChI is InChI=1S/C8H8N2O2/c11-8(12)5-2-1-3-7-6(5)4-9-10-7/h1-4,6-7,10H,(H,11,12). The molecule has 62 valence electrons. The quantitative estimate of drug-likeness (QED) is 0.579. The average Bonchev–Trinajstić information content (AvgIpc) is 2.49. The van der Waals surface area contributed by atoms with Gasteiger partial charge in [-0.1, -0.05) is 18.2 Å². The lowest BCUT2D eigenvalue weighted by atomic mass is 9.89. The summed E-state index contributed by atoms with van der Waals surface area (Å²) in [6.07, 6.45) is 6.90. The van der Waals surface area contributed by atoms with E-state index in [2.05, 4.69) is 10.5 Å². The Balaban J connectivity index is 2.32. The van der Waals surface area contributed by atoms with E-state index >= 15 is 0 Å². The minimum atomic E-state index is -0.871. The Morgan fingerprint density at radius 2 is 2.50 bits per heavy atom. The van der Waals surface area contributed by atoms with Gasteiger partial charge in [-0.25, -0.2) is 4.79 Å². The molecule has 2 aliphatic rings. The number of hydrogen-bond acceptors (Lipinski definition) is 3. The largest absolute Gasteiger partial charge is 0.478 e. The topological polar surface area (TPSA) is 61.7 Å². The van der Waals surface area contributed by atoms with Crippen LogP contribution in [0.15, 0.2) is 28.9 Å². The van der Waals surface area contributed by atoms with Crippen LogP contribution in [0, 0.1) is 5.92 Å². The second kappa shape index (κ2) is 2.48. The molecule has 12 heavy (non-hydrogen) atoms. The van der Waals surface area contributed by atoms with Crippen LogP contribution in [0.4, 0.5) is 0 Å². The van der Waals surface area contributed by atoms with Crippen molar-refractivity contribution in [1.29, 1.82) is 0 Å². The maximum absolute atomic E-state index is 10.7. The number of carboxylic acids is 1. The molecule has 2 rings (SSSR count). The number of hydrazone groups is 1. The summed E-state index contributed by atoms with van der Waals surface area (Å²) in [5.41, 5.74) is 3.22. The number of fused-ring (bicyclic) bond motifs is 1. The summed E-state index contributed by atoms with van der Waals surface area (Å²) in [5.74, 6) is -0.975. The molecule has 1 heterocycles. The van der Waals surface area contributed by atoms with E-state index < -0.39 is 5.97 Å². The Labute approximate surface area is 69.3 Å². The highest BCUT2D eigenvalue weighted by Crippen LogP contribution is 2.22. The van der Waals surface area contributed by atoms with E-state index in [1.54, 1.807) is 18.4 Å². The van der Waals surface area contributed by atoms with Crippen molar-refractivity contribution in [2.45, 2.75) is 6.04 Å². The van der Waals surface area contributed by atoms with Crippen LogP contribution in [-0.2, 0) is 4.79 Å². The third-order valence-electron chi connectivity index (χ3n) is 2.05. The highest BCUT2D eigenvalue weighted by molar-refractivity contribution is 5.93. The molecule has 0 radical (unpaired) electrons. The Hall–Kier alpha value is -1.58. The lowest BCUT2D eigenvalue weighted by molar-refractivity contribution is -0.133. The molecule has 0 aromatic carbocycles. The smallest absolute Gasteiger partial charge is 0.332 e. The van der Waals surface area contributed by atoms with Crippen molar-refractivity contribution >= 4 is 12.2 Å². The number of aliphatic carboxylic acids is 1. The molecular formula is C8H8N2O2. The van der Waals surface area contributed by atoms with Crippen molar-refractivity contribution in [3.8, 4) is 0 Å². The van der Waals surface area contributed by atoms with Gasteiger partial charge in [0.1, 0.15) is 0 Å². The predicted molar refractivity (Wildman–Crippen MR) is 43.8 cm³/mol. The molecule has 4 heteroatoms.